The molecule has 0 saturated carbocycles. The van der Waals surface area contributed by atoms with Crippen LogP contribution in [0, 0.1) is 6.07 Å². The van der Waals surface area contributed by atoms with Gasteiger partial charge in [0.1, 0.15) is 0 Å². The number of thiol groups is 1. The van der Waals surface area contributed by atoms with Crippen molar-refractivity contribution < 1.29 is 0 Å². The van der Waals surface area contributed by atoms with Gasteiger partial charge in [0.05, 0.1) is 0 Å². The minimum atomic E-state index is 0.823. The average molecular weight is 267 g/mol. The number of hydrogen-bond acceptors (Lipinski definition) is 1. The fourth-order valence-corrected chi connectivity index (χ4v) is 1.37. The van der Waals surface area contributed by atoms with Gasteiger partial charge in [-0.05, 0) is 44.0 Å². The van der Waals surface area contributed by atoms with Gasteiger partial charge < -0.3 is 0 Å². The Labute approximate surface area is 76.3 Å². The molecule has 0 spiro atoms. The standard InChI is InChI=1S/C6H3Br2S/c7-4-2-1-3-5(9)6(4)8/h1-2,9H. The van der Waals surface area contributed by atoms with Crippen molar-refractivity contribution in [3.63, 3.8) is 0 Å². The summed E-state index contributed by atoms with van der Waals surface area (Å²) in [6.45, 7) is 0. The highest BCUT2D eigenvalue weighted by atomic mass is 79.9. The molecule has 1 radical (unpaired) electrons. The molecule has 9 heavy (non-hydrogen) atoms. The summed E-state index contributed by atoms with van der Waals surface area (Å²) in [5.41, 5.74) is 0. The summed E-state index contributed by atoms with van der Waals surface area (Å²) >= 11 is 10.8. The normalized spacial score (nSPS) is 9.67. The maximum absolute atomic E-state index is 4.14. The molecule has 47 valence electrons. The van der Waals surface area contributed by atoms with Gasteiger partial charge in [0.15, 0.2) is 0 Å². The summed E-state index contributed by atoms with van der Waals surface area (Å²) in [6.07, 6.45) is 0. The van der Waals surface area contributed by atoms with Crippen LogP contribution in [0.2, 0.25) is 0 Å². The summed E-state index contributed by atoms with van der Waals surface area (Å²) in [6, 6.07) is 6.65. The van der Waals surface area contributed by atoms with E-state index in [-0.39, 0.29) is 0 Å². The minimum Gasteiger partial charge on any atom is -0.142 e. The maximum Gasteiger partial charge on any atom is 0.0457 e. The van der Waals surface area contributed by atoms with Gasteiger partial charge in [0, 0.05) is 13.8 Å². The van der Waals surface area contributed by atoms with Crippen molar-refractivity contribution in [2.24, 2.45) is 0 Å². The van der Waals surface area contributed by atoms with Crippen molar-refractivity contribution in [2.75, 3.05) is 0 Å². The van der Waals surface area contributed by atoms with Crippen molar-refractivity contribution in [1.29, 1.82) is 0 Å². The number of hydrogen-bond donors (Lipinski definition) is 1. The molecule has 0 bridgehead atoms. The predicted octanol–water partition coefficient (Wildman–Crippen LogP) is 3.30. The van der Waals surface area contributed by atoms with Crippen LogP contribution in [0.5, 0.6) is 0 Å². The first kappa shape index (κ1) is 7.63. The van der Waals surface area contributed by atoms with E-state index in [0.717, 1.165) is 13.8 Å². The van der Waals surface area contributed by atoms with Crippen LogP contribution in [0.1, 0.15) is 0 Å². The molecular weight excluding hydrogens is 264 g/mol. The summed E-state index contributed by atoms with van der Waals surface area (Å²) in [5, 5.41) is 0. The topological polar surface area (TPSA) is 0 Å². The van der Waals surface area contributed by atoms with Gasteiger partial charge >= 0.3 is 0 Å². The highest BCUT2D eigenvalue weighted by Gasteiger charge is 1.97. The first-order valence-corrected chi connectivity index (χ1v) is 4.30. The second kappa shape index (κ2) is 3.08. The largest absolute Gasteiger partial charge is 0.142 e. The van der Waals surface area contributed by atoms with Crippen LogP contribution in [0.15, 0.2) is 26.0 Å². The van der Waals surface area contributed by atoms with E-state index in [1.54, 1.807) is 0 Å². The van der Waals surface area contributed by atoms with Gasteiger partial charge in [0.25, 0.3) is 0 Å². The van der Waals surface area contributed by atoms with E-state index >= 15 is 0 Å². The molecule has 0 aliphatic heterocycles. The fraction of sp³-hybridized carbons (Fsp3) is 0. The van der Waals surface area contributed by atoms with Crippen molar-refractivity contribution in [3.05, 3.63) is 27.1 Å². The molecule has 3 heteroatoms. The molecule has 1 rings (SSSR count). The molecule has 0 heterocycles. The molecule has 0 aromatic heterocycles. The minimum absolute atomic E-state index is 0.823. The molecule has 0 fully saturated rings. The molecule has 0 unspecified atom stereocenters. The number of rotatable bonds is 0. The quantitative estimate of drug-likeness (QED) is 0.685. The Morgan fingerprint density at radius 3 is 2.56 bits per heavy atom. The third kappa shape index (κ3) is 1.72. The van der Waals surface area contributed by atoms with Crippen LogP contribution in [-0.4, -0.2) is 0 Å². The molecular formula is C6H3Br2S. The van der Waals surface area contributed by atoms with Crippen molar-refractivity contribution >= 4 is 44.5 Å². The van der Waals surface area contributed by atoms with Crippen molar-refractivity contribution in [2.45, 2.75) is 4.90 Å². The van der Waals surface area contributed by atoms with Gasteiger partial charge in [0.2, 0.25) is 0 Å². The van der Waals surface area contributed by atoms with Crippen molar-refractivity contribution in [3.8, 4) is 0 Å². The maximum atomic E-state index is 4.14. The van der Waals surface area contributed by atoms with Gasteiger partial charge in [-0.25, -0.2) is 0 Å². The zero-order chi connectivity index (χ0) is 6.85. The Morgan fingerprint density at radius 2 is 2.11 bits per heavy atom. The molecule has 0 saturated heterocycles. The van der Waals surface area contributed by atoms with Crippen LogP contribution in [0.4, 0.5) is 0 Å². The Kier molecular flexibility index (Phi) is 2.61. The zero-order valence-electron chi connectivity index (χ0n) is 4.36. The van der Waals surface area contributed by atoms with Gasteiger partial charge in [-0.15, -0.1) is 12.6 Å². The van der Waals surface area contributed by atoms with Crippen LogP contribution < -0.4 is 0 Å². The summed E-state index contributed by atoms with van der Waals surface area (Å²) < 4.78 is 1.96. The van der Waals surface area contributed by atoms with E-state index in [0.29, 0.717) is 0 Å². The summed E-state index contributed by atoms with van der Waals surface area (Å²) in [5.74, 6) is 0. The SMILES string of the molecule is Sc1[c]ccc(Br)c1Br. The molecule has 0 aliphatic rings. The Hall–Kier alpha value is 0.530. The smallest absolute Gasteiger partial charge is 0.0457 e. The third-order valence-corrected chi connectivity index (χ3v) is 3.54. The number of halogens is 2. The van der Waals surface area contributed by atoms with Gasteiger partial charge in [-0.2, -0.15) is 0 Å². The molecule has 0 nitrogen and oxygen atoms in total. The van der Waals surface area contributed by atoms with Crippen LogP contribution in [0.25, 0.3) is 0 Å². The van der Waals surface area contributed by atoms with E-state index in [1.165, 1.54) is 0 Å². The first-order chi connectivity index (χ1) is 4.22. The Balaban J connectivity index is 3.25. The lowest BCUT2D eigenvalue weighted by atomic mass is 10.4. The van der Waals surface area contributed by atoms with Gasteiger partial charge in [-0.3, -0.25) is 0 Å². The van der Waals surface area contributed by atoms with Crippen LogP contribution in [-0.2, 0) is 0 Å². The lowest BCUT2D eigenvalue weighted by Gasteiger charge is -1.95. The zero-order valence-corrected chi connectivity index (χ0v) is 8.42. The van der Waals surface area contributed by atoms with Crippen molar-refractivity contribution in [1.82, 2.24) is 0 Å². The van der Waals surface area contributed by atoms with E-state index in [1.807, 2.05) is 12.1 Å². The predicted molar refractivity (Wildman–Crippen MR) is 47.9 cm³/mol. The fourth-order valence-electron chi connectivity index (χ4n) is 0.443. The molecule has 1 aromatic carbocycles. The van der Waals surface area contributed by atoms with E-state index in [9.17, 15) is 0 Å². The second-order valence-electron chi connectivity index (χ2n) is 1.49. The van der Waals surface area contributed by atoms with Crippen LogP contribution in [0.3, 0.4) is 0 Å². The van der Waals surface area contributed by atoms with Gasteiger partial charge in [-0.1, -0.05) is 6.07 Å². The number of benzene rings is 1. The third-order valence-electron chi connectivity index (χ3n) is 0.867. The highest BCUT2D eigenvalue weighted by Crippen LogP contribution is 2.27. The van der Waals surface area contributed by atoms with E-state index < -0.39 is 0 Å². The summed E-state index contributed by atoms with van der Waals surface area (Å²) in [7, 11) is 0. The molecule has 0 aliphatic carbocycles. The first-order valence-electron chi connectivity index (χ1n) is 2.26. The molecule has 0 amide bonds. The molecule has 0 atom stereocenters. The highest BCUT2D eigenvalue weighted by molar-refractivity contribution is 9.13. The monoisotopic (exact) mass is 265 g/mol. The average Bonchev–Trinajstić information content (AvgIpc) is 1.83. The molecule has 1 aromatic rings. The van der Waals surface area contributed by atoms with Crippen LogP contribution >= 0.6 is 44.5 Å². The Bertz CT molecular complexity index is 202. The van der Waals surface area contributed by atoms with E-state index in [4.69, 9.17) is 0 Å². The summed E-state index contributed by atoms with van der Waals surface area (Å²) in [4.78, 5) is 0.823. The molecule has 0 N–H and O–H groups in total. The second-order valence-corrected chi connectivity index (χ2v) is 3.58. The Morgan fingerprint density at radius 1 is 1.44 bits per heavy atom. The van der Waals surface area contributed by atoms with E-state index in [2.05, 4.69) is 50.6 Å². The lowest BCUT2D eigenvalue weighted by Crippen LogP contribution is -1.70. The lowest BCUT2D eigenvalue weighted by molar-refractivity contribution is 1.37.